The van der Waals surface area contributed by atoms with Crippen LogP contribution in [0.25, 0.3) is 0 Å². The molecule has 0 aliphatic carbocycles. The molecule has 166 valence electrons. The average molecular weight is 543 g/mol. The maximum atomic E-state index is 5.43. The first kappa shape index (κ1) is 24.9. The highest BCUT2D eigenvalue weighted by atomic mass is 127. The molecule has 7 heteroatoms. The molecule has 0 saturated carbocycles. The number of aliphatic imine (C=N–C) groups is 1. The Morgan fingerprint density at radius 3 is 2.70 bits per heavy atom. The summed E-state index contributed by atoms with van der Waals surface area (Å²) >= 11 is 1.78. The fourth-order valence-corrected chi connectivity index (χ4v) is 4.37. The van der Waals surface area contributed by atoms with E-state index < -0.39 is 0 Å². The summed E-state index contributed by atoms with van der Waals surface area (Å²) in [5, 5.41) is 11.5. The lowest BCUT2D eigenvalue weighted by Gasteiger charge is -2.33. The lowest BCUT2D eigenvalue weighted by molar-refractivity contribution is 0.198. The third-order valence-corrected chi connectivity index (χ3v) is 6.13. The van der Waals surface area contributed by atoms with Gasteiger partial charge in [0.05, 0.1) is 7.11 Å². The molecule has 1 saturated heterocycles. The summed E-state index contributed by atoms with van der Waals surface area (Å²) < 4.78 is 5.43. The van der Waals surface area contributed by atoms with Crippen molar-refractivity contribution >= 4 is 41.3 Å². The third kappa shape index (κ3) is 7.74. The van der Waals surface area contributed by atoms with Gasteiger partial charge in [-0.05, 0) is 72.7 Å². The molecule has 2 heterocycles. The van der Waals surface area contributed by atoms with Gasteiger partial charge in [-0.15, -0.1) is 24.0 Å². The van der Waals surface area contributed by atoms with Gasteiger partial charge in [-0.25, -0.2) is 0 Å². The molecule has 1 fully saturated rings. The van der Waals surface area contributed by atoms with E-state index in [0.717, 1.165) is 63.7 Å². The second-order valence-electron chi connectivity index (χ2n) is 7.64. The molecule has 0 spiro atoms. The molecule has 2 N–H and O–H groups in total. The van der Waals surface area contributed by atoms with E-state index in [-0.39, 0.29) is 24.0 Å². The fraction of sp³-hybridized carbons (Fsp3) is 0.522. The van der Waals surface area contributed by atoms with Crippen LogP contribution < -0.4 is 15.4 Å². The number of guanidine groups is 1. The van der Waals surface area contributed by atoms with Gasteiger partial charge >= 0.3 is 0 Å². The largest absolute Gasteiger partial charge is 0.496 e. The number of benzene rings is 1. The van der Waals surface area contributed by atoms with Crippen LogP contribution in [-0.4, -0.2) is 50.2 Å². The molecule has 2 aromatic rings. The maximum Gasteiger partial charge on any atom is 0.191 e. The van der Waals surface area contributed by atoms with Crippen molar-refractivity contribution in [1.82, 2.24) is 15.5 Å². The van der Waals surface area contributed by atoms with Crippen LogP contribution in [0.2, 0.25) is 0 Å². The summed E-state index contributed by atoms with van der Waals surface area (Å²) in [5.74, 6) is 1.88. The number of methoxy groups -OCH3 is 1. The topological polar surface area (TPSA) is 48.9 Å². The second-order valence-corrected chi connectivity index (χ2v) is 8.42. The molecule has 0 bridgehead atoms. The fourth-order valence-electron chi connectivity index (χ4n) is 3.71. The zero-order chi connectivity index (χ0) is 20.5. The summed E-state index contributed by atoms with van der Waals surface area (Å²) in [6, 6.07) is 9.12. The van der Waals surface area contributed by atoms with Crippen LogP contribution >= 0.6 is 35.3 Å². The number of thiophene rings is 1. The van der Waals surface area contributed by atoms with Gasteiger partial charge in [-0.2, -0.15) is 11.3 Å². The van der Waals surface area contributed by atoms with E-state index in [1.54, 1.807) is 18.4 Å². The normalized spacial score (nSPS) is 15.5. The van der Waals surface area contributed by atoms with Gasteiger partial charge in [0.25, 0.3) is 0 Å². The first-order valence-corrected chi connectivity index (χ1v) is 11.5. The smallest absolute Gasteiger partial charge is 0.191 e. The molecule has 1 aliphatic heterocycles. The minimum atomic E-state index is 0. The van der Waals surface area contributed by atoms with E-state index in [1.165, 1.54) is 16.7 Å². The Morgan fingerprint density at radius 1 is 1.23 bits per heavy atom. The van der Waals surface area contributed by atoms with Gasteiger partial charge in [0.1, 0.15) is 5.75 Å². The van der Waals surface area contributed by atoms with Gasteiger partial charge in [0, 0.05) is 38.8 Å². The van der Waals surface area contributed by atoms with Crippen LogP contribution in [0.3, 0.4) is 0 Å². The van der Waals surface area contributed by atoms with Crippen LogP contribution in [0.5, 0.6) is 5.75 Å². The van der Waals surface area contributed by atoms with E-state index in [0.29, 0.717) is 6.04 Å². The number of nitrogens with one attached hydrogen (secondary N) is 2. The Labute approximate surface area is 202 Å². The number of rotatable bonds is 8. The molecule has 0 radical (unpaired) electrons. The zero-order valence-corrected chi connectivity index (χ0v) is 21.5. The van der Waals surface area contributed by atoms with Gasteiger partial charge in [-0.3, -0.25) is 9.89 Å². The Kier molecular flexibility index (Phi) is 11.0. The van der Waals surface area contributed by atoms with Gasteiger partial charge in [-0.1, -0.05) is 12.1 Å². The molecule has 5 nitrogen and oxygen atoms in total. The van der Waals surface area contributed by atoms with Crippen molar-refractivity contribution in [3.8, 4) is 5.75 Å². The average Bonchev–Trinajstić information content (AvgIpc) is 3.24. The number of aryl methyl sites for hydroxylation is 1. The monoisotopic (exact) mass is 542 g/mol. The highest BCUT2D eigenvalue weighted by Gasteiger charge is 2.20. The van der Waals surface area contributed by atoms with Crippen molar-refractivity contribution in [3.05, 3.63) is 51.7 Å². The minimum absolute atomic E-state index is 0. The Bertz CT molecular complexity index is 774. The predicted molar refractivity (Wildman–Crippen MR) is 139 cm³/mol. The Hall–Kier alpha value is -1.32. The van der Waals surface area contributed by atoms with Crippen molar-refractivity contribution in [2.24, 2.45) is 4.99 Å². The second kappa shape index (κ2) is 13.2. The SMILES string of the molecule is CCNC(=NCCc1ccc(C)c(OC)c1)NC1CCN(Cc2ccsc2)CC1.I. The number of ether oxygens (including phenoxy) is 1. The van der Waals surface area contributed by atoms with Crippen LogP contribution in [0, 0.1) is 6.92 Å². The van der Waals surface area contributed by atoms with Crippen molar-refractivity contribution in [2.45, 2.75) is 45.7 Å². The standard InChI is InChI=1S/C23H34N4OS.HI/c1-4-24-23(25-11-7-19-6-5-18(2)22(15-19)28-3)26-21-8-12-27(13-9-21)16-20-10-14-29-17-20;/h5-6,10,14-15,17,21H,4,7-9,11-13,16H2,1-3H3,(H2,24,25,26);1H. The van der Waals surface area contributed by atoms with Crippen LogP contribution in [-0.2, 0) is 13.0 Å². The number of nitrogens with zero attached hydrogens (tertiary/aromatic N) is 2. The number of likely N-dealkylation sites (tertiary alicyclic amines) is 1. The molecular formula is C23H35IN4OS. The summed E-state index contributed by atoms with van der Waals surface area (Å²) in [5.41, 5.74) is 3.86. The molecule has 1 aromatic heterocycles. The molecule has 3 rings (SSSR count). The molecule has 1 aliphatic rings. The minimum Gasteiger partial charge on any atom is -0.496 e. The van der Waals surface area contributed by atoms with Crippen LogP contribution in [0.4, 0.5) is 0 Å². The van der Waals surface area contributed by atoms with E-state index in [1.807, 2.05) is 0 Å². The van der Waals surface area contributed by atoms with Gasteiger partial charge in [0.2, 0.25) is 0 Å². The lowest BCUT2D eigenvalue weighted by atomic mass is 10.0. The molecule has 0 unspecified atom stereocenters. The summed E-state index contributed by atoms with van der Waals surface area (Å²) in [4.78, 5) is 7.35. The number of piperidine rings is 1. The molecule has 1 aromatic carbocycles. The molecule has 30 heavy (non-hydrogen) atoms. The molecule has 0 atom stereocenters. The van der Waals surface area contributed by atoms with Crippen LogP contribution in [0.15, 0.2) is 40.0 Å². The predicted octanol–water partition coefficient (Wildman–Crippen LogP) is 4.45. The molecular weight excluding hydrogens is 507 g/mol. The summed E-state index contributed by atoms with van der Waals surface area (Å²) in [6.07, 6.45) is 3.22. The maximum absolute atomic E-state index is 5.43. The van der Waals surface area contributed by atoms with E-state index in [9.17, 15) is 0 Å². The first-order chi connectivity index (χ1) is 14.2. The summed E-state index contributed by atoms with van der Waals surface area (Å²) in [7, 11) is 1.73. The Morgan fingerprint density at radius 2 is 2.03 bits per heavy atom. The zero-order valence-electron chi connectivity index (χ0n) is 18.3. The van der Waals surface area contributed by atoms with Gasteiger partial charge in [0.15, 0.2) is 5.96 Å². The lowest BCUT2D eigenvalue weighted by Crippen LogP contribution is -2.48. The van der Waals surface area contributed by atoms with E-state index in [4.69, 9.17) is 9.73 Å². The van der Waals surface area contributed by atoms with Crippen molar-refractivity contribution in [2.75, 3.05) is 33.3 Å². The van der Waals surface area contributed by atoms with E-state index >= 15 is 0 Å². The van der Waals surface area contributed by atoms with Crippen molar-refractivity contribution in [3.63, 3.8) is 0 Å². The summed E-state index contributed by atoms with van der Waals surface area (Å²) in [6.45, 7) is 9.17. The molecule has 0 amide bonds. The highest BCUT2D eigenvalue weighted by molar-refractivity contribution is 14.0. The van der Waals surface area contributed by atoms with Crippen molar-refractivity contribution in [1.29, 1.82) is 0 Å². The Balaban J connectivity index is 0.00000320. The third-order valence-electron chi connectivity index (χ3n) is 5.40. The highest BCUT2D eigenvalue weighted by Crippen LogP contribution is 2.19. The number of halogens is 1. The van der Waals surface area contributed by atoms with Crippen molar-refractivity contribution < 1.29 is 4.74 Å². The van der Waals surface area contributed by atoms with E-state index in [2.05, 4.69) is 64.4 Å². The number of hydrogen-bond donors (Lipinski definition) is 2. The van der Waals surface area contributed by atoms with Gasteiger partial charge < -0.3 is 15.4 Å². The van der Waals surface area contributed by atoms with Crippen LogP contribution in [0.1, 0.15) is 36.5 Å². The quantitative estimate of drug-likeness (QED) is 0.294. The first-order valence-electron chi connectivity index (χ1n) is 10.6. The number of hydrogen-bond acceptors (Lipinski definition) is 4.